The highest BCUT2D eigenvalue weighted by molar-refractivity contribution is 5.90. The van der Waals surface area contributed by atoms with Crippen molar-refractivity contribution in [3.8, 4) is 16.9 Å². The highest BCUT2D eigenvalue weighted by Gasteiger charge is 2.31. The first kappa shape index (κ1) is 12.8. The second-order valence-corrected chi connectivity index (χ2v) is 6.20. The van der Waals surface area contributed by atoms with Gasteiger partial charge < -0.3 is 9.72 Å². The van der Waals surface area contributed by atoms with Crippen LogP contribution in [0, 0.1) is 0 Å². The molecule has 1 N–H and O–H groups in total. The van der Waals surface area contributed by atoms with Crippen LogP contribution in [0.5, 0.6) is 5.75 Å². The smallest absolute Gasteiger partial charge is 0.127 e. The highest BCUT2D eigenvalue weighted by atomic mass is 16.5. The number of rotatable bonds is 1. The highest BCUT2D eigenvalue weighted by Crippen LogP contribution is 2.42. The third-order valence-corrected chi connectivity index (χ3v) is 4.86. The molecule has 2 nitrogen and oxygen atoms in total. The van der Waals surface area contributed by atoms with Crippen LogP contribution in [-0.4, -0.2) is 11.1 Å². The van der Waals surface area contributed by atoms with Gasteiger partial charge >= 0.3 is 0 Å². The molecular weight excluding hydrogens is 282 g/mol. The second-order valence-electron chi connectivity index (χ2n) is 6.20. The first-order valence-electron chi connectivity index (χ1n) is 8.13. The molecule has 0 radical (unpaired) electrons. The fourth-order valence-electron chi connectivity index (χ4n) is 3.75. The average molecular weight is 299 g/mol. The molecule has 112 valence electrons. The van der Waals surface area contributed by atoms with E-state index in [1.165, 1.54) is 33.5 Å². The molecule has 0 spiro atoms. The summed E-state index contributed by atoms with van der Waals surface area (Å²) >= 11 is 0. The van der Waals surface area contributed by atoms with E-state index in [1.807, 2.05) is 6.07 Å². The minimum Gasteiger partial charge on any atom is -0.485 e. The van der Waals surface area contributed by atoms with Gasteiger partial charge in [-0.25, -0.2) is 0 Å². The van der Waals surface area contributed by atoms with E-state index in [0.29, 0.717) is 0 Å². The minimum absolute atomic E-state index is 0.166. The molecule has 0 fully saturated rings. The Balaban J connectivity index is 1.65. The third kappa shape index (κ3) is 1.95. The second kappa shape index (κ2) is 4.88. The van der Waals surface area contributed by atoms with E-state index in [4.69, 9.17) is 4.74 Å². The van der Waals surface area contributed by atoms with Gasteiger partial charge in [-0.1, -0.05) is 48.5 Å². The van der Waals surface area contributed by atoms with Crippen molar-refractivity contribution in [2.24, 2.45) is 0 Å². The molecular formula is C21H17NO. The van der Waals surface area contributed by atoms with Crippen LogP contribution in [0.4, 0.5) is 0 Å². The average Bonchev–Trinajstić information content (AvgIpc) is 3.05. The molecule has 0 bridgehead atoms. The van der Waals surface area contributed by atoms with Crippen LogP contribution in [0.15, 0.2) is 60.8 Å². The number of hydrogen-bond acceptors (Lipinski definition) is 1. The SMILES string of the molecule is C1=C2c3[nH]cc(-c4ccccc4)c3CCC2Oc2ccccc21. The van der Waals surface area contributed by atoms with Gasteiger partial charge in [0.15, 0.2) is 0 Å². The Morgan fingerprint density at radius 2 is 1.78 bits per heavy atom. The lowest BCUT2D eigenvalue weighted by molar-refractivity contribution is 0.240. The number of fused-ring (bicyclic) bond motifs is 4. The first-order valence-corrected chi connectivity index (χ1v) is 8.13. The van der Waals surface area contributed by atoms with Gasteiger partial charge in [-0.15, -0.1) is 0 Å². The number of H-pyrrole nitrogens is 1. The molecule has 1 atom stereocenters. The van der Waals surface area contributed by atoms with Gasteiger partial charge in [0.25, 0.3) is 0 Å². The summed E-state index contributed by atoms with van der Waals surface area (Å²) in [5, 5.41) is 0. The predicted molar refractivity (Wildman–Crippen MR) is 93.3 cm³/mol. The Bertz CT molecular complexity index is 905. The lowest BCUT2D eigenvalue weighted by Crippen LogP contribution is -2.26. The number of hydrogen-bond donors (Lipinski definition) is 1. The monoisotopic (exact) mass is 299 g/mol. The number of aromatic amines is 1. The molecule has 2 aliphatic rings. The van der Waals surface area contributed by atoms with Crippen LogP contribution in [0.1, 0.15) is 23.2 Å². The Labute approximate surface area is 135 Å². The fraction of sp³-hybridized carbons (Fsp3) is 0.143. The zero-order chi connectivity index (χ0) is 15.2. The Morgan fingerprint density at radius 3 is 2.70 bits per heavy atom. The van der Waals surface area contributed by atoms with Gasteiger partial charge in [-0.3, -0.25) is 0 Å². The van der Waals surface area contributed by atoms with Crippen LogP contribution in [0.25, 0.3) is 22.8 Å². The Morgan fingerprint density at radius 1 is 0.957 bits per heavy atom. The lowest BCUT2D eigenvalue weighted by atomic mass is 9.85. The van der Waals surface area contributed by atoms with E-state index in [0.717, 1.165) is 18.6 Å². The van der Waals surface area contributed by atoms with Crippen LogP contribution >= 0.6 is 0 Å². The summed E-state index contributed by atoms with van der Waals surface area (Å²) < 4.78 is 6.22. The van der Waals surface area contributed by atoms with Crippen molar-refractivity contribution < 1.29 is 4.74 Å². The largest absolute Gasteiger partial charge is 0.485 e. The molecule has 0 saturated carbocycles. The summed E-state index contributed by atoms with van der Waals surface area (Å²) in [7, 11) is 0. The van der Waals surface area contributed by atoms with E-state index >= 15 is 0 Å². The van der Waals surface area contributed by atoms with Gasteiger partial charge in [0.05, 0.1) is 0 Å². The van der Waals surface area contributed by atoms with E-state index in [9.17, 15) is 0 Å². The summed E-state index contributed by atoms with van der Waals surface area (Å²) in [5.41, 5.74) is 7.71. The Kier molecular flexibility index (Phi) is 2.71. The molecule has 3 aromatic rings. The van der Waals surface area contributed by atoms with Gasteiger partial charge in [-0.05, 0) is 36.1 Å². The van der Waals surface area contributed by atoms with Crippen molar-refractivity contribution in [2.75, 3.05) is 0 Å². The molecule has 1 aromatic heterocycles. The van der Waals surface area contributed by atoms with Crippen molar-refractivity contribution in [2.45, 2.75) is 18.9 Å². The van der Waals surface area contributed by atoms with E-state index in [2.05, 4.69) is 65.8 Å². The molecule has 2 heteroatoms. The molecule has 1 aliphatic heterocycles. The maximum atomic E-state index is 6.22. The van der Waals surface area contributed by atoms with E-state index in [1.54, 1.807) is 0 Å². The van der Waals surface area contributed by atoms with Crippen LogP contribution in [-0.2, 0) is 6.42 Å². The normalized spacial score (nSPS) is 18.3. The van der Waals surface area contributed by atoms with Gasteiger partial charge in [0.2, 0.25) is 0 Å². The standard InChI is InChI=1S/C21H17NO/c1-2-6-14(7-3-1)18-13-22-21-16(18)10-11-20-17(21)12-15-8-4-5-9-19(15)23-20/h1-9,12-13,20,22H,10-11H2. The molecule has 0 amide bonds. The van der Waals surface area contributed by atoms with Crippen molar-refractivity contribution >= 4 is 11.6 Å². The van der Waals surface area contributed by atoms with Crippen molar-refractivity contribution in [1.82, 2.24) is 4.98 Å². The number of aromatic nitrogens is 1. The predicted octanol–water partition coefficient (Wildman–Crippen LogP) is 4.93. The summed E-state index contributed by atoms with van der Waals surface area (Å²) in [6.07, 6.45) is 6.67. The summed E-state index contributed by atoms with van der Waals surface area (Å²) in [4.78, 5) is 3.51. The van der Waals surface area contributed by atoms with Crippen molar-refractivity contribution in [1.29, 1.82) is 0 Å². The number of para-hydroxylation sites is 1. The molecule has 1 aliphatic carbocycles. The van der Waals surface area contributed by atoms with Crippen molar-refractivity contribution in [3.05, 3.63) is 77.6 Å². The topological polar surface area (TPSA) is 25.0 Å². The quantitative estimate of drug-likeness (QED) is 0.677. The van der Waals surface area contributed by atoms with Gasteiger partial charge in [0, 0.05) is 28.6 Å². The summed E-state index contributed by atoms with van der Waals surface area (Å²) in [6, 6.07) is 18.9. The van der Waals surface area contributed by atoms with Crippen LogP contribution < -0.4 is 4.74 Å². The van der Waals surface area contributed by atoms with Crippen molar-refractivity contribution in [3.63, 3.8) is 0 Å². The van der Waals surface area contributed by atoms with Gasteiger partial charge in [0.1, 0.15) is 11.9 Å². The molecule has 5 rings (SSSR count). The van der Waals surface area contributed by atoms with Gasteiger partial charge in [-0.2, -0.15) is 0 Å². The number of ether oxygens (including phenoxy) is 1. The molecule has 2 heterocycles. The molecule has 2 aromatic carbocycles. The number of benzene rings is 2. The minimum atomic E-state index is 0.166. The fourth-order valence-corrected chi connectivity index (χ4v) is 3.75. The summed E-state index contributed by atoms with van der Waals surface area (Å²) in [6.45, 7) is 0. The lowest BCUT2D eigenvalue weighted by Gasteiger charge is -2.31. The Hall–Kier alpha value is -2.74. The molecule has 23 heavy (non-hydrogen) atoms. The van der Waals surface area contributed by atoms with E-state index in [-0.39, 0.29) is 6.10 Å². The third-order valence-electron chi connectivity index (χ3n) is 4.86. The van der Waals surface area contributed by atoms with Crippen LogP contribution in [0.2, 0.25) is 0 Å². The molecule has 1 unspecified atom stereocenters. The molecule has 0 saturated heterocycles. The maximum Gasteiger partial charge on any atom is 0.127 e. The van der Waals surface area contributed by atoms with E-state index < -0.39 is 0 Å². The zero-order valence-electron chi connectivity index (χ0n) is 12.8. The first-order chi connectivity index (χ1) is 11.4. The maximum absolute atomic E-state index is 6.22. The van der Waals surface area contributed by atoms with Crippen LogP contribution in [0.3, 0.4) is 0 Å². The number of nitrogens with one attached hydrogen (secondary N) is 1. The zero-order valence-corrected chi connectivity index (χ0v) is 12.8. The summed E-state index contributed by atoms with van der Waals surface area (Å²) in [5.74, 6) is 1.000.